The minimum Gasteiger partial charge on any atom is -0.465 e. The van der Waals surface area contributed by atoms with E-state index in [4.69, 9.17) is 10.2 Å². The van der Waals surface area contributed by atoms with E-state index < -0.39 is 12.1 Å². The number of carbonyl (C=O) groups excluding carboxylic acids is 2. The molecule has 1 unspecified atom stereocenters. The normalized spacial score (nSPS) is 11.1. The Hall–Kier alpha value is -3.62. The molecule has 0 saturated carbocycles. The second-order valence-electron chi connectivity index (χ2n) is 7.81. The molecule has 1 atom stereocenters. The van der Waals surface area contributed by atoms with Gasteiger partial charge in [-0.2, -0.15) is 0 Å². The van der Waals surface area contributed by atoms with Crippen LogP contribution in [0.1, 0.15) is 49.7 Å². The number of nitrogens with zero attached hydrogens (tertiary/aromatic N) is 2. The minimum atomic E-state index is -1.10. The van der Waals surface area contributed by atoms with Crippen LogP contribution >= 0.6 is 11.8 Å². The Morgan fingerprint density at radius 3 is 2.44 bits per heavy atom. The summed E-state index contributed by atoms with van der Waals surface area (Å²) >= 11 is 1.45. The summed E-state index contributed by atoms with van der Waals surface area (Å²) in [6.45, 7) is 0.170. The van der Waals surface area contributed by atoms with Gasteiger partial charge in [0, 0.05) is 37.5 Å². The second-order valence-corrected chi connectivity index (χ2v) is 8.58. The lowest BCUT2D eigenvalue weighted by Gasteiger charge is -2.19. The highest BCUT2D eigenvalue weighted by molar-refractivity contribution is 7.98. The molecular weight excluding hydrogens is 482 g/mol. The Labute approximate surface area is 214 Å². The van der Waals surface area contributed by atoms with Crippen molar-refractivity contribution in [1.29, 1.82) is 0 Å². The molecule has 0 aliphatic carbocycles. The third-order valence-electron chi connectivity index (χ3n) is 5.00. The highest BCUT2D eigenvalue weighted by atomic mass is 32.2. The molecule has 10 nitrogen and oxygen atoms in total. The van der Waals surface area contributed by atoms with Crippen molar-refractivity contribution >= 4 is 35.4 Å². The van der Waals surface area contributed by atoms with Gasteiger partial charge in [0.1, 0.15) is 6.04 Å². The molecule has 2 aromatic rings. The summed E-state index contributed by atoms with van der Waals surface area (Å²) in [6.07, 6.45) is 6.80. The average molecular weight is 514 g/mol. The number of hydrogen-bond donors (Lipinski definition) is 5. The standard InChI is InChI=1S/C25H31N5O5S/c1-36-24-27-15-19(16-28-24)7-3-2-4-9-22(32)30-21(8-5-6-14-26-25(34)35)23(33)29-20-12-10-18(17-31)11-13-20/h10-13,15-16,21,26,31H,2,4-6,8-9,14,17H2,1H3,(H,29,33)(H,30,32)(H,34,35). The lowest BCUT2D eigenvalue weighted by Crippen LogP contribution is -2.43. The number of hydrogen-bond acceptors (Lipinski definition) is 7. The summed E-state index contributed by atoms with van der Waals surface area (Å²) in [6, 6.07) is 5.99. The van der Waals surface area contributed by atoms with Gasteiger partial charge in [0.25, 0.3) is 0 Å². The summed E-state index contributed by atoms with van der Waals surface area (Å²) in [5.74, 6) is 5.35. The van der Waals surface area contributed by atoms with Gasteiger partial charge >= 0.3 is 6.09 Å². The SMILES string of the molecule is CSc1ncc(C#CCCCC(=O)NC(CCCCNC(=O)O)C(=O)Nc2ccc(CO)cc2)cn1. The highest BCUT2D eigenvalue weighted by Crippen LogP contribution is 2.12. The molecule has 0 spiro atoms. The monoisotopic (exact) mass is 513 g/mol. The van der Waals surface area contributed by atoms with Crippen molar-refractivity contribution in [3.8, 4) is 11.8 Å². The first-order valence-electron chi connectivity index (χ1n) is 11.5. The summed E-state index contributed by atoms with van der Waals surface area (Å²) in [7, 11) is 0. The summed E-state index contributed by atoms with van der Waals surface area (Å²) in [5, 5.41) is 26.4. The largest absolute Gasteiger partial charge is 0.465 e. The first kappa shape index (κ1) is 28.6. The maximum absolute atomic E-state index is 12.8. The van der Waals surface area contributed by atoms with Crippen LogP contribution in [0.15, 0.2) is 41.8 Å². The molecule has 0 radical (unpaired) electrons. The van der Waals surface area contributed by atoms with Crippen LogP contribution in [-0.2, 0) is 16.2 Å². The number of rotatable bonds is 13. The highest BCUT2D eigenvalue weighted by Gasteiger charge is 2.20. The number of nitrogens with one attached hydrogen (secondary N) is 3. The van der Waals surface area contributed by atoms with Crippen molar-refractivity contribution in [2.75, 3.05) is 18.1 Å². The van der Waals surface area contributed by atoms with Gasteiger partial charge in [-0.3, -0.25) is 9.59 Å². The number of benzene rings is 1. The molecule has 5 N–H and O–H groups in total. The lowest BCUT2D eigenvalue weighted by atomic mass is 10.1. The van der Waals surface area contributed by atoms with Crippen LogP contribution < -0.4 is 16.0 Å². The molecule has 36 heavy (non-hydrogen) atoms. The lowest BCUT2D eigenvalue weighted by molar-refractivity contribution is -0.126. The van der Waals surface area contributed by atoms with E-state index >= 15 is 0 Å². The summed E-state index contributed by atoms with van der Waals surface area (Å²) in [5.41, 5.74) is 1.98. The van der Waals surface area contributed by atoms with Crippen molar-refractivity contribution in [2.45, 2.75) is 56.3 Å². The zero-order valence-corrected chi connectivity index (χ0v) is 20.9. The molecule has 0 aliphatic rings. The minimum absolute atomic E-state index is 0.0975. The number of anilines is 1. The molecule has 3 amide bonds. The predicted octanol–water partition coefficient (Wildman–Crippen LogP) is 2.77. The van der Waals surface area contributed by atoms with Crippen LogP contribution in [0, 0.1) is 11.8 Å². The van der Waals surface area contributed by atoms with Gasteiger partial charge in [0.15, 0.2) is 5.16 Å². The van der Waals surface area contributed by atoms with Gasteiger partial charge in [-0.05, 0) is 49.6 Å². The van der Waals surface area contributed by atoms with E-state index in [0.717, 1.165) is 5.56 Å². The molecule has 1 aromatic heterocycles. The van der Waals surface area contributed by atoms with Crippen molar-refractivity contribution in [2.24, 2.45) is 0 Å². The fourth-order valence-corrected chi connectivity index (χ4v) is 3.43. The number of aromatic nitrogens is 2. The van der Waals surface area contributed by atoms with Crippen molar-refractivity contribution in [1.82, 2.24) is 20.6 Å². The van der Waals surface area contributed by atoms with E-state index in [-0.39, 0.29) is 31.4 Å². The van der Waals surface area contributed by atoms with Crippen LogP contribution in [0.4, 0.5) is 10.5 Å². The van der Waals surface area contributed by atoms with Gasteiger partial charge < -0.3 is 26.2 Å². The molecule has 0 saturated heterocycles. The van der Waals surface area contributed by atoms with Gasteiger partial charge in [-0.25, -0.2) is 14.8 Å². The number of unbranched alkanes of at least 4 members (excludes halogenated alkanes) is 2. The van der Waals surface area contributed by atoms with E-state index in [1.54, 1.807) is 36.7 Å². The Kier molecular flexibility index (Phi) is 12.8. The van der Waals surface area contributed by atoms with E-state index in [2.05, 4.69) is 37.8 Å². The molecule has 1 aromatic carbocycles. The maximum Gasteiger partial charge on any atom is 0.404 e. The number of aliphatic hydroxyl groups is 1. The van der Waals surface area contributed by atoms with Gasteiger partial charge in [-0.1, -0.05) is 35.7 Å². The van der Waals surface area contributed by atoms with Crippen LogP contribution in [0.3, 0.4) is 0 Å². The molecule has 0 fully saturated rings. The molecule has 192 valence electrons. The van der Waals surface area contributed by atoms with Crippen molar-refractivity contribution in [3.05, 3.63) is 47.8 Å². The molecule has 0 bridgehead atoms. The van der Waals surface area contributed by atoms with Crippen molar-refractivity contribution < 1.29 is 24.6 Å². The number of amides is 3. The van der Waals surface area contributed by atoms with Crippen LogP contribution in [-0.4, -0.2) is 56.9 Å². The third-order valence-corrected chi connectivity index (χ3v) is 5.58. The number of carbonyl (C=O) groups is 3. The zero-order valence-electron chi connectivity index (χ0n) is 20.1. The second kappa shape index (κ2) is 16.1. The van der Waals surface area contributed by atoms with E-state index in [1.807, 2.05) is 6.26 Å². The zero-order chi connectivity index (χ0) is 26.2. The van der Waals surface area contributed by atoms with Crippen molar-refractivity contribution in [3.63, 3.8) is 0 Å². The van der Waals surface area contributed by atoms with Gasteiger partial charge in [-0.15, -0.1) is 0 Å². The van der Waals surface area contributed by atoms with Gasteiger partial charge in [0.2, 0.25) is 11.8 Å². The van der Waals surface area contributed by atoms with E-state index in [1.165, 1.54) is 11.8 Å². The predicted molar refractivity (Wildman–Crippen MR) is 137 cm³/mol. The fraction of sp³-hybridized carbons (Fsp3) is 0.400. The Bertz CT molecular complexity index is 1050. The molecular formula is C25H31N5O5S. The van der Waals surface area contributed by atoms with Gasteiger partial charge in [0.05, 0.1) is 12.2 Å². The molecule has 0 aliphatic heterocycles. The molecule has 2 rings (SSSR count). The maximum atomic E-state index is 12.8. The number of thioether (sulfide) groups is 1. The summed E-state index contributed by atoms with van der Waals surface area (Å²) < 4.78 is 0. The van der Waals surface area contributed by atoms with Crippen LogP contribution in [0.25, 0.3) is 0 Å². The molecule has 1 heterocycles. The fourth-order valence-electron chi connectivity index (χ4n) is 3.12. The smallest absolute Gasteiger partial charge is 0.404 e. The van der Waals surface area contributed by atoms with E-state index in [9.17, 15) is 14.4 Å². The van der Waals surface area contributed by atoms with Crippen LogP contribution in [0.2, 0.25) is 0 Å². The molecule has 11 heteroatoms. The number of aliphatic hydroxyl groups excluding tert-OH is 1. The van der Waals surface area contributed by atoms with Crippen LogP contribution in [0.5, 0.6) is 0 Å². The first-order chi connectivity index (χ1) is 17.4. The first-order valence-corrected chi connectivity index (χ1v) is 12.8. The Morgan fingerprint density at radius 1 is 1.08 bits per heavy atom. The average Bonchev–Trinajstić information content (AvgIpc) is 2.88. The Balaban J connectivity index is 1.86. The summed E-state index contributed by atoms with van der Waals surface area (Å²) in [4.78, 5) is 44.2. The Morgan fingerprint density at radius 2 is 1.81 bits per heavy atom. The van der Waals surface area contributed by atoms with E-state index in [0.29, 0.717) is 48.5 Å². The third kappa shape index (κ3) is 11.2. The quantitative estimate of drug-likeness (QED) is 0.119. The number of carboxylic acid groups (broad SMARTS) is 1. The topological polar surface area (TPSA) is 154 Å².